The molecule has 1 aromatic carbocycles. The van der Waals surface area contributed by atoms with E-state index in [9.17, 15) is 15.0 Å². The van der Waals surface area contributed by atoms with E-state index in [1.165, 1.54) is 0 Å². The predicted octanol–water partition coefficient (Wildman–Crippen LogP) is 3.65. The number of aliphatic hydroxyl groups is 1. The second-order valence-electron chi connectivity index (χ2n) is 5.23. The summed E-state index contributed by atoms with van der Waals surface area (Å²) in [7, 11) is 0. The summed E-state index contributed by atoms with van der Waals surface area (Å²) in [5, 5.41) is 19.7. The van der Waals surface area contributed by atoms with Crippen molar-refractivity contribution in [1.29, 1.82) is 0 Å². The third-order valence-electron chi connectivity index (χ3n) is 3.91. The fourth-order valence-electron chi connectivity index (χ4n) is 2.65. The minimum absolute atomic E-state index is 0.368. The molecule has 0 spiro atoms. The molecule has 2 rings (SSSR count). The van der Waals surface area contributed by atoms with E-state index in [-0.39, 0.29) is 6.10 Å². The van der Waals surface area contributed by atoms with E-state index < -0.39 is 11.4 Å². The summed E-state index contributed by atoms with van der Waals surface area (Å²) in [6.45, 7) is 0. The first-order chi connectivity index (χ1) is 8.93. The Kier molecular flexibility index (Phi) is 4.54. The number of carbonyl (C=O) groups is 1. The summed E-state index contributed by atoms with van der Waals surface area (Å²) >= 11 is 9.51. The Morgan fingerprint density at radius 1 is 1.42 bits per heavy atom. The number of carboxylic acids is 1. The largest absolute Gasteiger partial charge is 0.481 e. The smallest absolute Gasteiger partial charge is 0.309 e. The number of hydrogen-bond donors (Lipinski definition) is 2. The van der Waals surface area contributed by atoms with Crippen LogP contribution in [0.5, 0.6) is 0 Å². The van der Waals surface area contributed by atoms with E-state index >= 15 is 0 Å². The van der Waals surface area contributed by atoms with E-state index in [2.05, 4.69) is 15.9 Å². The Labute approximate surface area is 125 Å². The zero-order chi connectivity index (χ0) is 14.0. The highest BCUT2D eigenvalue weighted by Gasteiger charge is 2.42. The molecule has 0 radical (unpaired) electrons. The van der Waals surface area contributed by atoms with Gasteiger partial charge in [-0.15, -0.1) is 0 Å². The molecular formula is C14H16BrClO3. The van der Waals surface area contributed by atoms with Gasteiger partial charge in [0.05, 0.1) is 11.5 Å². The molecule has 0 saturated heterocycles. The van der Waals surface area contributed by atoms with Crippen LogP contribution in [0.4, 0.5) is 0 Å². The second kappa shape index (κ2) is 5.81. The first kappa shape index (κ1) is 14.8. The maximum Gasteiger partial charge on any atom is 0.309 e. The molecule has 0 bridgehead atoms. The van der Waals surface area contributed by atoms with E-state index in [1.54, 1.807) is 6.07 Å². The number of aliphatic hydroxyl groups excluding tert-OH is 1. The van der Waals surface area contributed by atoms with Gasteiger partial charge in [-0.2, -0.15) is 0 Å². The lowest BCUT2D eigenvalue weighted by atomic mass is 9.69. The molecule has 5 heteroatoms. The van der Waals surface area contributed by atoms with Gasteiger partial charge in [0.1, 0.15) is 0 Å². The van der Waals surface area contributed by atoms with Crippen LogP contribution < -0.4 is 0 Å². The standard InChI is InChI=1S/C14H16BrClO3/c15-10-2-1-9(12(16)7-10)8-14(13(18)19)5-3-11(17)4-6-14/h1-2,7,11,17H,3-6,8H2,(H,18,19). The zero-order valence-electron chi connectivity index (χ0n) is 10.4. The van der Waals surface area contributed by atoms with Gasteiger partial charge < -0.3 is 10.2 Å². The summed E-state index contributed by atoms with van der Waals surface area (Å²) in [5.74, 6) is -0.793. The van der Waals surface area contributed by atoms with Crippen molar-refractivity contribution >= 4 is 33.5 Å². The maximum atomic E-state index is 11.6. The maximum absolute atomic E-state index is 11.6. The molecule has 0 aromatic heterocycles. The predicted molar refractivity (Wildman–Crippen MR) is 77.4 cm³/mol. The van der Waals surface area contributed by atoms with Crippen LogP contribution in [0.15, 0.2) is 22.7 Å². The number of hydrogen-bond acceptors (Lipinski definition) is 2. The fourth-order valence-corrected chi connectivity index (χ4v) is 3.39. The molecule has 104 valence electrons. The normalized spacial score (nSPS) is 27.2. The summed E-state index contributed by atoms with van der Waals surface area (Å²) in [5.41, 5.74) is 0.0557. The Hall–Kier alpha value is -0.580. The quantitative estimate of drug-likeness (QED) is 0.877. The first-order valence-electron chi connectivity index (χ1n) is 6.28. The molecule has 0 atom stereocenters. The zero-order valence-corrected chi connectivity index (χ0v) is 12.7. The number of aliphatic carboxylic acids is 1. The molecule has 2 N–H and O–H groups in total. The number of carboxylic acid groups (broad SMARTS) is 1. The van der Waals surface area contributed by atoms with Crippen LogP contribution in [0.2, 0.25) is 5.02 Å². The van der Waals surface area contributed by atoms with Gasteiger partial charge in [0.25, 0.3) is 0 Å². The van der Waals surface area contributed by atoms with Crippen LogP contribution in [-0.4, -0.2) is 22.3 Å². The molecule has 0 heterocycles. The van der Waals surface area contributed by atoms with Crippen LogP contribution >= 0.6 is 27.5 Å². The Bertz CT molecular complexity index is 482. The average Bonchev–Trinajstić information content (AvgIpc) is 2.35. The third kappa shape index (κ3) is 3.30. The average molecular weight is 348 g/mol. The van der Waals surface area contributed by atoms with Crippen molar-refractivity contribution < 1.29 is 15.0 Å². The van der Waals surface area contributed by atoms with Gasteiger partial charge in [0.2, 0.25) is 0 Å². The summed E-state index contributed by atoms with van der Waals surface area (Å²) < 4.78 is 0.879. The van der Waals surface area contributed by atoms with Gasteiger partial charge in [-0.1, -0.05) is 33.6 Å². The lowest BCUT2D eigenvalue weighted by Crippen LogP contribution is -2.38. The molecule has 1 fully saturated rings. The molecule has 0 aliphatic heterocycles. The number of halogens is 2. The molecule has 1 aliphatic carbocycles. The van der Waals surface area contributed by atoms with Crippen LogP contribution in [0.3, 0.4) is 0 Å². The van der Waals surface area contributed by atoms with Crippen LogP contribution in [0.25, 0.3) is 0 Å². The molecule has 1 aromatic rings. The highest BCUT2D eigenvalue weighted by atomic mass is 79.9. The van der Waals surface area contributed by atoms with Gasteiger partial charge >= 0.3 is 5.97 Å². The van der Waals surface area contributed by atoms with Crippen molar-refractivity contribution in [3.05, 3.63) is 33.3 Å². The Morgan fingerprint density at radius 3 is 2.58 bits per heavy atom. The molecule has 0 amide bonds. The molecule has 0 unspecified atom stereocenters. The fraction of sp³-hybridized carbons (Fsp3) is 0.500. The van der Waals surface area contributed by atoms with Crippen molar-refractivity contribution in [3.63, 3.8) is 0 Å². The minimum atomic E-state index is -0.795. The highest BCUT2D eigenvalue weighted by Crippen LogP contribution is 2.41. The van der Waals surface area contributed by atoms with Gasteiger partial charge in [-0.25, -0.2) is 0 Å². The minimum Gasteiger partial charge on any atom is -0.481 e. The number of benzene rings is 1. The third-order valence-corrected chi connectivity index (χ3v) is 4.75. The summed E-state index contributed by atoms with van der Waals surface area (Å²) in [4.78, 5) is 11.6. The lowest BCUT2D eigenvalue weighted by Gasteiger charge is -2.35. The molecule has 3 nitrogen and oxygen atoms in total. The van der Waals surface area contributed by atoms with Crippen LogP contribution in [-0.2, 0) is 11.2 Å². The van der Waals surface area contributed by atoms with Gasteiger partial charge in [0.15, 0.2) is 0 Å². The van der Waals surface area contributed by atoms with Crippen molar-refractivity contribution in [1.82, 2.24) is 0 Å². The Balaban J connectivity index is 2.24. The highest BCUT2D eigenvalue weighted by molar-refractivity contribution is 9.10. The Morgan fingerprint density at radius 2 is 2.05 bits per heavy atom. The van der Waals surface area contributed by atoms with E-state index in [0.717, 1.165) is 10.0 Å². The SMILES string of the molecule is O=C(O)C1(Cc2ccc(Br)cc2Cl)CCC(O)CC1. The van der Waals surface area contributed by atoms with Crippen molar-refractivity contribution in [2.75, 3.05) is 0 Å². The van der Waals surface area contributed by atoms with Gasteiger partial charge in [-0.05, 0) is 49.8 Å². The molecular weight excluding hydrogens is 332 g/mol. The van der Waals surface area contributed by atoms with Gasteiger partial charge in [-0.3, -0.25) is 4.79 Å². The summed E-state index contributed by atoms with van der Waals surface area (Å²) in [6, 6.07) is 5.51. The first-order valence-corrected chi connectivity index (χ1v) is 7.45. The van der Waals surface area contributed by atoms with Crippen molar-refractivity contribution in [3.8, 4) is 0 Å². The topological polar surface area (TPSA) is 57.5 Å². The van der Waals surface area contributed by atoms with E-state index in [0.29, 0.717) is 37.1 Å². The second-order valence-corrected chi connectivity index (χ2v) is 6.55. The summed E-state index contributed by atoms with van der Waals surface area (Å²) in [6.07, 6.45) is 2.13. The van der Waals surface area contributed by atoms with Gasteiger partial charge in [0, 0.05) is 9.50 Å². The molecule has 19 heavy (non-hydrogen) atoms. The lowest BCUT2D eigenvalue weighted by molar-refractivity contribution is -0.152. The number of rotatable bonds is 3. The van der Waals surface area contributed by atoms with Crippen LogP contribution in [0, 0.1) is 5.41 Å². The van der Waals surface area contributed by atoms with Crippen molar-refractivity contribution in [2.45, 2.75) is 38.2 Å². The van der Waals surface area contributed by atoms with E-state index in [1.807, 2.05) is 12.1 Å². The van der Waals surface area contributed by atoms with Crippen molar-refractivity contribution in [2.24, 2.45) is 5.41 Å². The monoisotopic (exact) mass is 346 g/mol. The molecule has 1 aliphatic rings. The van der Waals surface area contributed by atoms with Crippen LogP contribution in [0.1, 0.15) is 31.2 Å². The molecule has 1 saturated carbocycles. The van der Waals surface area contributed by atoms with E-state index in [4.69, 9.17) is 11.6 Å².